The van der Waals surface area contributed by atoms with Crippen LogP contribution >= 0.6 is 0 Å². The molecule has 1 fully saturated rings. The number of nitrogens with one attached hydrogen (secondary N) is 1. The molecule has 2 aromatic carbocycles. The van der Waals surface area contributed by atoms with Gasteiger partial charge in [-0.25, -0.2) is 4.39 Å². The van der Waals surface area contributed by atoms with Crippen LogP contribution < -0.4 is 19.1 Å². The van der Waals surface area contributed by atoms with Crippen LogP contribution in [0.5, 0.6) is 17.2 Å². The van der Waals surface area contributed by atoms with E-state index in [2.05, 4.69) is 25.7 Å². The zero-order chi connectivity index (χ0) is 30.1. The molecule has 2 heterocycles. The molecule has 4 rings (SSSR count). The Balaban J connectivity index is 1.68. The van der Waals surface area contributed by atoms with E-state index in [1.165, 1.54) is 0 Å². The third kappa shape index (κ3) is 5.85. The summed E-state index contributed by atoms with van der Waals surface area (Å²) in [7, 11) is 4.97. The van der Waals surface area contributed by atoms with Crippen molar-refractivity contribution < 1.29 is 32.9 Å². The number of ether oxygens (including phenoxy) is 5. The highest BCUT2D eigenvalue weighted by Crippen LogP contribution is 2.42. The lowest BCUT2D eigenvalue weighted by Gasteiger charge is -2.29. The fourth-order valence-electron chi connectivity index (χ4n) is 5.60. The Morgan fingerprint density at radius 2 is 1.63 bits per heavy atom. The number of anilines is 1. The van der Waals surface area contributed by atoms with E-state index in [9.17, 15) is 4.79 Å². The lowest BCUT2D eigenvalue weighted by molar-refractivity contribution is -0.00461. The molecule has 0 bridgehead atoms. The Kier molecular flexibility index (Phi) is 9.13. The number of benzene rings is 2. The standard InChI is InChI=1S/C31H42FN3O6/c1-9-40-23-13-19-14-35(30(33)26(19)27(32)29(23)41-10-2)15-22(36)18-11-20(31(3,4)5)28(39-8)21(12-18)34-16-24(37-6)25(17-34)38-7/h11-13,24-25,33H,9-10,14-17H2,1-8H3/t24-,25-/m0/s1. The molecule has 9 nitrogen and oxygen atoms in total. The number of hydrogen-bond acceptors (Lipinski definition) is 8. The number of nitrogens with zero attached hydrogens (tertiary/aromatic N) is 2. The van der Waals surface area contributed by atoms with Gasteiger partial charge in [-0.05, 0) is 43.0 Å². The fourth-order valence-corrected chi connectivity index (χ4v) is 5.60. The lowest BCUT2D eigenvalue weighted by atomic mass is 9.84. The first kappa shape index (κ1) is 30.6. The number of carbonyl (C=O) groups is 1. The van der Waals surface area contributed by atoms with Gasteiger partial charge in [-0.2, -0.15) is 0 Å². The molecule has 0 aliphatic carbocycles. The van der Waals surface area contributed by atoms with Crippen LogP contribution in [0, 0.1) is 11.2 Å². The molecule has 2 aliphatic rings. The number of methoxy groups -OCH3 is 3. The number of ketones is 1. The van der Waals surface area contributed by atoms with Gasteiger partial charge in [0.1, 0.15) is 23.8 Å². The van der Waals surface area contributed by atoms with Crippen molar-refractivity contribution in [3.05, 3.63) is 46.3 Å². The molecular weight excluding hydrogens is 529 g/mol. The summed E-state index contributed by atoms with van der Waals surface area (Å²) in [5.41, 5.74) is 2.59. The van der Waals surface area contributed by atoms with Crippen molar-refractivity contribution in [1.29, 1.82) is 5.41 Å². The van der Waals surface area contributed by atoms with Gasteiger partial charge in [-0.3, -0.25) is 10.2 Å². The van der Waals surface area contributed by atoms with Crippen LogP contribution in [0.2, 0.25) is 0 Å². The predicted molar refractivity (Wildman–Crippen MR) is 156 cm³/mol. The summed E-state index contributed by atoms with van der Waals surface area (Å²) < 4.78 is 43.9. The number of amidine groups is 1. The van der Waals surface area contributed by atoms with Gasteiger partial charge in [0.2, 0.25) is 0 Å². The van der Waals surface area contributed by atoms with Gasteiger partial charge in [-0.1, -0.05) is 20.8 Å². The summed E-state index contributed by atoms with van der Waals surface area (Å²) in [5.74, 6) is 0.133. The maximum Gasteiger partial charge on any atom is 0.197 e. The minimum atomic E-state index is -0.635. The van der Waals surface area contributed by atoms with Crippen LogP contribution in [-0.4, -0.2) is 82.9 Å². The van der Waals surface area contributed by atoms with Crippen molar-refractivity contribution in [2.24, 2.45) is 0 Å². The molecule has 0 amide bonds. The van der Waals surface area contributed by atoms with Gasteiger partial charge < -0.3 is 33.5 Å². The molecule has 224 valence electrons. The first-order valence-corrected chi connectivity index (χ1v) is 14.0. The molecule has 1 N–H and O–H groups in total. The average Bonchev–Trinajstić information content (AvgIpc) is 3.50. The van der Waals surface area contributed by atoms with Crippen molar-refractivity contribution in [1.82, 2.24) is 4.90 Å². The van der Waals surface area contributed by atoms with Crippen LogP contribution in [0.25, 0.3) is 0 Å². The van der Waals surface area contributed by atoms with Crippen LogP contribution in [0.3, 0.4) is 0 Å². The largest absolute Gasteiger partial charge is 0.494 e. The lowest BCUT2D eigenvalue weighted by Crippen LogP contribution is -2.31. The predicted octanol–water partition coefficient (Wildman–Crippen LogP) is 4.80. The Bertz CT molecular complexity index is 1300. The smallest absolute Gasteiger partial charge is 0.197 e. The van der Waals surface area contributed by atoms with Crippen molar-refractivity contribution >= 4 is 17.3 Å². The molecule has 2 aliphatic heterocycles. The maximum atomic E-state index is 15.5. The number of rotatable bonds is 11. The van der Waals surface area contributed by atoms with Gasteiger partial charge in [-0.15, -0.1) is 0 Å². The first-order valence-electron chi connectivity index (χ1n) is 14.0. The average molecular weight is 572 g/mol. The SMILES string of the molecule is CCOc1cc2c(c(F)c1OCC)C(=N)N(CC(=O)c1cc(N3C[C@H](OC)[C@@H](OC)C3)c(OC)c(C(C)(C)C)c1)C2. The van der Waals surface area contributed by atoms with E-state index in [1.54, 1.807) is 39.2 Å². The van der Waals surface area contributed by atoms with Crippen molar-refractivity contribution in [3.63, 3.8) is 0 Å². The molecule has 2 aromatic rings. The van der Waals surface area contributed by atoms with Gasteiger partial charge in [0.15, 0.2) is 23.1 Å². The van der Waals surface area contributed by atoms with Crippen molar-refractivity contribution in [3.8, 4) is 17.2 Å². The normalized spacial score (nSPS) is 18.6. The summed E-state index contributed by atoms with van der Waals surface area (Å²) in [5, 5.41) is 8.74. The molecule has 0 spiro atoms. The quantitative estimate of drug-likeness (QED) is 0.385. The van der Waals surface area contributed by atoms with Crippen LogP contribution in [0.1, 0.15) is 61.7 Å². The number of Topliss-reactive ketones (excluding diaryl/α,β-unsaturated/α-hetero) is 1. The monoisotopic (exact) mass is 571 g/mol. The van der Waals surface area contributed by atoms with E-state index in [1.807, 2.05) is 19.1 Å². The zero-order valence-corrected chi connectivity index (χ0v) is 25.4. The molecule has 0 radical (unpaired) electrons. The third-order valence-electron chi connectivity index (χ3n) is 7.67. The zero-order valence-electron chi connectivity index (χ0n) is 25.4. The number of carbonyl (C=O) groups excluding carboxylic acids is 1. The van der Waals surface area contributed by atoms with E-state index in [-0.39, 0.29) is 60.3 Å². The van der Waals surface area contributed by atoms with Crippen LogP contribution in [-0.2, 0) is 21.4 Å². The second kappa shape index (κ2) is 12.2. The van der Waals surface area contributed by atoms with E-state index in [0.717, 1.165) is 11.3 Å². The maximum absolute atomic E-state index is 15.5. The van der Waals surface area contributed by atoms with Gasteiger partial charge in [0, 0.05) is 45.0 Å². The first-order chi connectivity index (χ1) is 19.5. The summed E-state index contributed by atoms with van der Waals surface area (Å²) in [4.78, 5) is 17.5. The Labute approximate surface area is 242 Å². The highest BCUT2D eigenvalue weighted by molar-refractivity contribution is 6.06. The minimum Gasteiger partial charge on any atom is -0.494 e. The number of halogens is 1. The van der Waals surface area contributed by atoms with Gasteiger partial charge in [0.05, 0.1) is 38.1 Å². The highest BCUT2D eigenvalue weighted by Gasteiger charge is 2.37. The molecule has 41 heavy (non-hydrogen) atoms. The number of fused-ring (bicyclic) bond motifs is 1. The van der Waals surface area contributed by atoms with E-state index in [0.29, 0.717) is 42.3 Å². The van der Waals surface area contributed by atoms with Gasteiger partial charge >= 0.3 is 0 Å². The van der Waals surface area contributed by atoms with Crippen molar-refractivity contribution in [2.75, 3.05) is 59.1 Å². The molecule has 10 heteroatoms. The van der Waals surface area contributed by atoms with E-state index in [4.69, 9.17) is 29.1 Å². The molecular formula is C31H42FN3O6. The Hall–Kier alpha value is -3.37. The Morgan fingerprint density at radius 1 is 1.00 bits per heavy atom. The summed E-state index contributed by atoms with van der Waals surface area (Å²) in [6, 6.07) is 5.42. The molecule has 0 saturated carbocycles. The third-order valence-corrected chi connectivity index (χ3v) is 7.67. The van der Waals surface area contributed by atoms with E-state index >= 15 is 4.39 Å². The van der Waals surface area contributed by atoms with Gasteiger partial charge in [0.25, 0.3) is 0 Å². The molecule has 2 atom stereocenters. The topological polar surface area (TPSA) is 93.6 Å². The Morgan fingerprint density at radius 3 is 2.17 bits per heavy atom. The highest BCUT2D eigenvalue weighted by atomic mass is 19.1. The van der Waals surface area contributed by atoms with Crippen LogP contribution in [0.4, 0.5) is 10.1 Å². The summed E-state index contributed by atoms with van der Waals surface area (Å²) >= 11 is 0. The fraction of sp³-hybridized carbons (Fsp3) is 0.548. The molecule has 0 aromatic heterocycles. The summed E-state index contributed by atoms with van der Waals surface area (Å²) in [6.45, 7) is 11.7. The summed E-state index contributed by atoms with van der Waals surface area (Å²) in [6.07, 6.45) is -0.243. The van der Waals surface area contributed by atoms with Crippen LogP contribution in [0.15, 0.2) is 18.2 Å². The second-order valence-electron chi connectivity index (χ2n) is 11.3. The van der Waals surface area contributed by atoms with Crippen molar-refractivity contribution in [2.45, 2.75) is 58.8 Å². The molecule has 0 unspecified atom stereocenters. The number of hydrogen-bond donors (Lipinski definition) is 1. The second-order valence-corrected chi connectivity index (χ2v) is 11.3. The molecule has 1 saturated heterocycles. The minimum absolute atomic E-state index is 0.00465. The van der Waals surface area contributed by atoms with E-state index < -0.39 is 5.82 Å².